The van der Waals surface area contributed by atoms with Gasteiger partial charge in [0.15, 0.2) is 22.8 Å². The van der Waals surface area contributed by atoms with E-state index in [-0.39, 0.29) is 29.3 Å². The largest absolute Gasteiger partial charge is 0.465 e. The second-order valence-corrected chi connectivity index (χ2v) is 10.5. The van der Waals surface area contributed by atoms with E-state index in [4.69, 9.17) is 37.4 Å². The van der Waals surface area contributed by atoms with Crippen LogP contribution in [0.4, 0.5) is 5.82 Å². The highest BCUT2D eigenvalue weighted by molar-refractivity contribution is 6.30. The molecule has 3 fully saturated rings. The fraction of sp³-hybridized carbons (Fsp3) is 0.500. The van der Waals surface area contributed by atoms with Crippen molar-refractivity contribution in [3.05, 3.63) is 46.5 Å². The topological polar surface area (TPSA) is 100 Å². The van der Waals surface area contributed by atoms with E-state index in [9.17, 15) is 4.79 Å². The molecule has 0 amide bonds. The Hall–Kier alpha value is -2.46. The molecule has 1 saturated heterocycles. The number of nitrogens with zero attached hydrogens (tertiary/aromatic N) is 4. The molecule has 0 unspecified atom stereocenters. The molecule has 5 atom stereocenters. The molecule has 0 spiro atoms. The third-order valence-electron chi connectivity index (χ3n) is 7.16. The Labute approximate surface area is 212 Å². The van der Waals surface area contributed by atoms with Crippen LogP contribution in [0.25, 0.3) is 11.2 Å². The lowest BCUT2D eigenvalue weighted by Gasteiger charge is -2.24. The third-order valence-corrected chi connectivity index (χ3v) is 7.57. The van der Waals surface area contributed by atoms with Crippen LogP contribution in [0.5, 0.6) is 0 Å². The lowest BCUT2D eigenvalue weighted by atomic mass is 9.99. The van der Waals surface area contributed by atoms with E-state index < -0.39 is 17.3 Å². The molecule has 0 radical (unpaired) electrons. The molecule has 1 aliphatic heterocycles. The van der Waals surface area contributed by atoms with Crippen molar-refractivity contribution in [1.82, 2.24) is 19.5 Å². The molecule has 2 aliphatic carbocycles. The fourth-order valence-corrected chi connectivity index (χ4v) is 6.13. The fourth-order valence-electron chi connectivity index (χ4n) is 5.76. The number of anilines is 1. The molecule has 11 heteroatoms. The molecule has 0 bridgehead atoms. The Morgan fingerprint density at radius 3 is 2.89 bits per heavy atom. The normalized spacial score (nSPS) is 30.2. The maximum Gasteiger partial charge on any atom is 0.315 e. The van der Waals surface area contributed by atoms with Crippen LogP contribution in [0.15, 0.2) is 30.6 Å². The zero-order chi connectivity index (χ0) is 24.5. The minimum atomic E-state index is -0.812. The highest BCUT2D eigenvalue weighted by Crippen LogP contribution is 2.72. The number of esters is 1. The van der Waals surface area contributed by atoms with E-state index >= 15 is 0 Å². The molecular weight excluding hydrogens is 493 g/mol. The Balaban J connectivity index is 1.36. The summed E-state index contributed by atoms with van der Waals surface area (Å²) in [5, 5.41) is 4.05. The summed E-state index contributed by atoms with van der Waals surface area (Å²) >= 11 is 12.4. The Morgan fingerprint density at radius 1 is 1.29 bits per heavy atom. The minimum absolute atomic E-state index is 0.0124. The number of fused-ring (bicyclic) bond motifs is 4. The molecule has 3 aliphatic rings. The molecule has 35 heavy (non-hydrogen) atoms. The average Bonchev–Trinajstić information content (AvgIpc) is 3.13. The molecule has 184 valence electrons. The summed E-state index contributed by atoms with van der Waals surface area (Å²) in [5.74, 6) is -0.538. The van der Waals surface area contributed by atoms with E-state index in [1.165, 1.54) is 0 Å². The van der Waals surface area contributed by atoms with E-state index in [1.54, 1.807) is 6.33 Å². The number of ether oxygens (including phenoxy) is 3. The van der Waals surface area contributed by atoms with E-state index in [1.807, 2.05) is 49.6 Å². The van der Waals surface area contributed by atoms with Crippen molar-refractivity contribution in [2.24, 2.45) is 11.3 Å². The van der Waals surface area contributed by atoms with E-state index in [0.29, 0.717) is 41.6 Å². The summed E-state index contributed by atoms with van der Waals surface area (Å²) in [5.41, 5.74) is 1.43. The number of imidazole rings is 1. The number of rotatable bonds is 6. The number of halogens is 2. The molecule has 6 rings (SSSR count). The van der Waals surface area contributed by atoms with Crippen molar-refractivity contribution >= 4 is 46.2 Å². The minimum Gasteiger partial charge on any atom is -0.465 e. The molecule has 1 N–H and O–H groups in total. The van der Waals surface area contributed by atoms with Gasteiger partial charge in [0.2, 0.25) is 5.28 Å². The van der Waals surface area contributed by atoms with Crippen LogP contribution in [0.2, 0.25) is 10.3 Å². The summed E-state index contributed by atoms with van der Waals surface area (Å²) < 4.78 is 20.0. The van der Waals surface area contributed by atoms with Gasteiger partial charge in [-0.1, -0.05) is 23.7 Å². The van der Waals surface area contributed by atoms with Crippen LogP contribution in [-0.4, -0.2) is 50.1 Å². The van der Waals surface area contributed by atoms with Gasteiger partial charge in [0.05, 0.1) is 19.0 Å². The van der Waals surface area contributed by atoms with E-state index in [2.05, 4.69) is 20.3 Å². The number of carbonyl (C=O) groups is 1. The first-order valence-electron chi connectivity index (χ1n) is 11.6. The standard InChI is InChI=1S/C24H25Cl2N5O4/c1-4-33-21(32)24-9-14(24)16(17-18(24)35-23(2,3)34-17)31-11-28-15-19(29-22(26)30-20(15)31)27-10-12-6-5-7-13(25)8-12/h5-8,11,14,16-18H,4,9-10H2,1-3H3,(H,27,29,30)/t14-,16-,17+,18+,24+/m1/s1. The predicted molar refractivity (Wildman–Crippen MR) is 129 cm³/mol. The Bertz CT molecular complexity index is 1330. The maximum absolute atomic E-state index is 13.0. The van der Waals surface area contributed by atoms with Gasteiger partial charge in [0, 0.05) is 17.5 Å². The number of carbonyl (C=O) groups excluding carboxylic acids is 1. The quantitative estimate of drug-likeness (QED) is 0.379. The van der Waals surface area contributed by atoms with Gasteiger partial charge in [-0.15, -0.1) is 0 Å². The van der Waals surface area contributed by atoms with Crippen molar-refractivity contribution < 1.29 is 19.0 Å². The van der Waals surface area contributed by atoms with Gasteiger partial charge in [-0.05, 0) is 56.5 Å². The maximum atomic E-state index is 13.0. The van der Waals surface area contributed by atoms with Gasteiger partial charge in [0.1, 0.15) is 17.6 Å². The second-order valence-electron chi connectivity index (χ2n) is 9.73. The van der Waals surface area contributed by atoms with Gasteiger partial charge < -0.3 is 24.1 Å². The van der Waals surface area contributed by atoms with Crippen LogP contribution >= 0.6 is 23.2 Å². The number of hydrogen-bond donors (Lipinski definition) is 1. The number of aromatic nitrogens is 4. The summed E-state index contributed by atoms with van der Waals surface area (Å²) in [7, 11) is 0. The van der Waals surface area contributed by atoms with Crippen LogP contribution in [-0.2, 0) is 25.5 Å². The lowest BCUT2D eigenvalue weighted by molar-refractivity contribution is -0.172. The average molecular weight is 518 g/mol. The van der Waals surface area contributed by atoms with Gasteiger partial charge in [-0.3, -0.25) is 4.79 Å². The van der Waals surface area contributed by atoms with Crippen LogP contribution in [0.1, 0.15) is 38.8 Å². The Morgan fingerprint density at radius 2 is 2.11 bits per heavy atom. The highest BCUT2D eigenvalue weighted by atomic mass is 35.5. The first-order valence-corrected chi connectivity index (χ1v) is 12.4. The van der Waals surface area contributed by atoms with Crippen LogP contribution in [0.3, 0.4) is 0 Å². The van der Waals surface area contributed by atoms with Gasteiger partial charge in [-0.25, -0.2) is 4.98 Å². The smallest absolute Gasteiger partial charge is 0.315 e. The lowest BCUT2D eigenvalue weighted by Crippen LogP contribution is -2.36. The van der Waals surface area contributed by atoms with Crippen molar-refractivity contribution in [3.8, 4) is 0 Å². The highest BCUT2D eigenvalue weighted by Gasteiger charge is 2.80. The zero-order valence-electron chi connectivity index (χ0n) is 19.5. The molecule has 1 aromatic carbocycles. The SMILES string of the molecule is CCOC(=O)[C@@]12C[C@@H]1[C@@H](n1cnc3c(NCc4cccc(Cl)c4)nc(Cl)nc31)[C@@H]1OC(C)(C)O[C@@H]12. The number of benzene rings is 1. The van der Waals surface area contributed by atoms with Gasteiger partial charge in [-0.2, -0.15) is 9.97 Å². The molecule has 2 saturated carbocycles. The first kappa shape index (κ1) is 23.0. The second kappa shape index (κ2) is 8.03. The molecule has 2 aromatic heterocycles. The van der Waals surface area contributed by atoms with E-state index in [0.717, 1.165) is 5.56 Å². The molecule has 3 heterocycles. The third kappa shape index (κ3) is 3.59. The summed E-state index contributed by atoms with van der Waals surface area (Å²) in [6, 6.07) is 7.36. The Kier molecular flexibility index (Phi) is 5.27. The van der Waals surface area contributed by atoms with Gasteiger partial charge in [0.25, 0.3) is 0 Å². The van der Waals surface area contributed by atoms with Crippen LogP contribution in [0, 0.1) is 11.3 Å². The zero-order valence-corrected chi connectivity index (χ0v) is 21.0. The van der Waals surface area contributed by atoms with Gasteiger partial charge >= 0.3 is 5.97 Å². The summed E-state index contributed by atoms with van der Waals surface area (Å²) in [6.45, 7) is 6.34. The molecule has 3 aromatic rings. The van der Waals surface area contributed by atoms with Crippen molar-refractivity contribution in [2.45, 2.75) is 57.8 Å². The number of nitrogens with one attached hydrogen (secondary N) is 1. The monoisotopic (exact) mass is 517 g/mol. The molecule has 9 nitrogen and oxygen atoms in total. The molecular formula is C24H25Cl2N5O4. The van der Waals surface area contributed by atoms with Crippen molar-refractivity contribution in [1.29, 1.82) is 0 Å². The summed E-state index contributed by atoms with van der Waals surface area (Å²) in [6.07, 6.45) is 1.63. The number of hydrogen-bond acceptors (Lipinski definition) is 8. The van der Waals surface area contributed by atoms with Crippen LogP contribution < -0.4 is 5.32 Å². The first-order chi connectivity index (χ1) is 16.7. The predicted octanol–water partition coefficient (Wildman–Crippen LogP) is 4.39. The van der Waals surface area contributed by atoms with Crippen molar-refractivity contribution in [3.63, 3.8) is 0 Å². The van der Waals surface area contributed by atoms with Crippen molar-refractivity contribution in [2.75, 3.05) is 11.9 Å². The summed E-state index contributed by atoms with van der Waals surface area (Å²) in [4.78, 5) is 26.5.